The second-order valence-electron chi connectivity index (χ2n) is 6.42. The lowest BCUT2D eigenvalue weighted by atomic mass is 10.2. The van der Waals surface area contributed by atoms with Crippen LogP contribution in [-0.2, 0) is 11.3 Å². The lowest BCUT2D eigenvalue weighted by molar-refractivity contribution is -0.115. The highest BCUT2D eigenvalue weighted by molar-refractivity contribution is 7.99. The summed E-state index contributed by atoms with van der Waals surface area (Å²) in [5, 5.41) is 2.48. The molecule has 1 aromatic carbocycles. The van der Waals surface area contributed by atoms with Gasteiger partial charge in [0.1, 0.15) is 4.70 Å². The molecular formula is C19H21N3O2S2. The summed E-state index contributed by atoms with van der Waals surface area (Å²) in [6.07, 6.45) is 0. The molecule has 0 saturated heterocycles. The summed E-state index contributed by atoms with van der Waals surface area (Å²) in [7, 11) is 1.76. The van der Waals surface area contributed by atoms with Crippen LogP contribution in [-0.4, -0.2) is 28.3 Å². The number of thiophene rings is 1. The molecule has 26 heavy (non-hydrogen) atoms. The fourth-order valence-electron chi connectivity index (χ4n) is 2.58. The van der Waals surface area contributed by atoms with E-state index in [1.54, 1.807) is 16.5 Å². The molecule has 3 rings (SSSR count). The van der Waals surface area contributed by atoms with Gasteiger partial charge in [-0.25, -0.2) is 4.98 Å². The fourth-order valence-corrected chi connectivity index (χ4v) is 4.28. The van der Waals surface area contributed by atoms with Crippen molar-refractivity contribution in [1.82, 2.24) is 9.55 Å². The van der Waals surface area contributed by atoms with Gasteiger partial charge in [-0.15, -0.1) is 11.3 Å². The zero-order chi connectivity index (χ0) is 18.7. The van der Waals surface area contributed by atoms with Gasteiger partial charge in [-0.2, -0.15) is 0 Å². The molecule has 7 heteroatoms. The van der Waals surface area contributed by atoms with Crippen LogP contribution in [0.5, 0.6) is 0 Å². The average molecular weight is 388 g/mol. The quantitative estimate of drug-likeness (QED) is 0.476. The number of hydrogen-bond donors (Lipinski definition) is 0. The number of rotatable bonds is 6. The Balaban J connectivity index is 1.83. The van der Waals surface area contributed by atoms with Crippen molar-refractivity contribution in [2.45, 2.75) is 25.5 Å². The van der Waals surface area contributed by atoms with Crippen molar-refractivity contribution in [3.05, 3.63) is 52.1 Å². The van der Waals surface area contributed by atoms with Gasteiger partial charge < -0.3 is 4.90 Å². The van der Waals surface area contributed by atoms with Gasteiger partial charge in [0.05, 0.1) is 11.3 Å². The summed E-state index contributed by atoms with van der Waals surface area (Å²) in [5.74, 6) is 0.511. The van der Waals surface area contributed by atoms with Gasteiger partial charge in [-0.3, -0.25) is 14.2 Å². The normalized spacial score (nSPS) is 11.2. The Bertz CT molecular complexity index is 964. The number of fused-ring (bicyclic) bond motifs is 1. The SMILES string of the molecule is CC(C)Cn1c(SCC(=O)N(C)c2ccccc2)nc2ccsc2c1=O. The Hall–Kier alpha value is -2.12. The average Bonchev–Trinajstić information content (AvgIpc) is 3.11. The maximum atomic E-state index is 12.8. The van der Waals surface area contributed by atoms with Gasteiger partial charge in [0.2, 0.25) is 5.91 Å². The Morgan fingerprint density at radius 1 is 1.27 bits per heavy atom. The Morgan fingerprint density at radius 2 is 2.00 bits per heavy atom. The number of amides is 1. The van der Waals surface area contributed by atoms with Crippen LogP contribution in [0.4, 0.5) is 5.69 Å². The van der Waals surface area contributed by atoms with Crippen molar-refractivity contribution in [2.24, 2.45) is 5.92 Å². The van der Waals surface area contributed by atoms with E-state index in [2.05, 4.69) is 18.8 Å². The Morgan fingerprint density at radius 3 is 2.69 bits per heavy atom. The smallest absolute Gasteiger partial charge is 0.272 e. The van der Waals surface area contributed by atoms with E-state index < -0.39 is 0 Å². The number of hydrogen-bond acceptors (Lipinski definition) is 5. The number of para-hydroxylation sites is 1. The van der Waals surface area contributed by atoms with Crippen LogP contribution in [0.3, 0.4) is 0 Å². The third-order valence-electron chi connectivity index (χ3n) is 3.92. The molecule has 0 N–H and O–H groups in total. The summed E-state index contributed by atoms with van der Waals surface area (Å²) >= 11 is 2.73. The van der Waals surface area contributed by atoms with Crippen LogP contribution in [0.2, 0.25) is 0 Å². The Labute approximate surface area is 160 Å². The molecule has 0 fully saturated rings. The maximum absolute atomic E-state index is 12.8. The van der Waals surface area contributed by atoms with Gasteiger partial charge in [0, 0.05) is 19.3 Å². The monoisotopic (exact) mass is 387 g/mol. The standard InChI is InChI=1S/C19H21N3O2S2/c1-13(2)11-22-18(24)17-15(9-10-25-17)20-19(22)26-12-16(23)21(3)14-7-5-4-6-8-14/h4-10,13H,11-12H2,1-3H3. The second kappa shape index (κ2) is 8.05. The molecule has 2 heterocycles. The predicted octanol–water partition coefficient (Wildman–Crippen LogP) is 3.87. The number of thioether (sulfide) groups is 1. The van der Waals surface area contributed by atoms with Gasteiger partial charge >= 0.3 is 0 Å². The zero-order valence-electron chi connectivity index (χ0n) is 15.0. The molecule has 0 unspecified atom stereocenters. The van der Waals surface area contributed by atoms with Crippen LogP contribution in [0.25, 0.3) is 10.2 Å². The van der Waals surface area contributed by atoms with Crippen molar-refractivity contribution >= 4 is 44.9 Å². The summed E-state index contributed by atoms with van der Waals surface area (Å²) in [6.45, 7) is 4.71. The highest BCUT2D eigenvalue weighted by atomic mass is 32.2. The minimum atomic E-state index is -0.0306. The molecule has 136 valence electrons. The first kappa shape index (κ1) is 18.7. The van der Waals surface area contributed by atoms with E-state index in [-0.39, 0.29) is 17.2 Å². The lowest BCUT2D eigenvalue weighted by Gasteiger charge is -2.18. The lowest BCUT2D eigenvalue weighted by Crippen LogP contribution is -2.29. The molecule has 1 amide bonds. The van der Waals surface area contributed by atoms with E-state index in [1.165, 1.54) is 23.1 Å². The molecule has 0 radical (unpaired) electrons. The third-order valence-corrected chi connectivity index (χ3v) is 5.77. The molecule has 0 saturated carbocycles. The van der Waals surface area contributed by atoms with Gasteiger partial charge in [-0.05, 0) is 29.5 Å². The number of nitrogens with zero attached hydrogens (tertiary/aromatic N) is 3. The van der Waals surface area contributed by atoms with Crippen molar-refractivity contribution in [3.8, 4) is 0 Å². The molecule has 5 nitrogen and oxygen atoms in total. The zero-order valence-corrected chi connectivity index (χ0v) is 16.6. The number of anilines is 1. The van der Waals surface area contributed by atoms with Gasteiger partial charge in [-0.1, -0.05) is 43.8 Å². The summed E-state index contributed by atoms with van der Waals surface area (Å²) in [6, 6.07) is 11.4. The van der Waals surface area contributed by atoms with Crippen molar-refractivity contribution in [2.75, 3.05) is 17.7 Å². The van der Waals surface area contributed by atoms with E-state index >= 15 is 0 Å². The molecule has 0 spiro atoms. The Kier molecular flexibility index (Phi) is 5.78. The largest absolute Gasteiger partial charge is 0.315 e. The van der Waals surface area contributed by atoms with E-state index in [0.717, 1.165) is 5.69 Å². The van der Waals surface area contributed by atoms with Crippen molar-refractivity contribution in [3.63, 3.8) is 0 Å². The van der Waals surface area contributed by atoms with E-state index in [9.17, 15) is 9.59 Å². The third kappa shape index (κ3) is 3.99. The van der Waals surface area contributed by atoms with E-state index in [1.807, 2.05) is 41.8 Å². The van der Waals surface area contributed by atoms with Crippen molar-refractivity contribution < 1.29 is 4.79 Å². The minimum Gasteiger partial charge on any atom is -0.315 e. The molecule has 0 aliphatic heterocycles. The molecule has 0 aliphatic carbocycles. The second-order valence-corrected chi connectivity index (χ2v) is 8.27. The number of aromatic nitrogens is 2. The molecular weight excluding hydrogens is 366 g/mol. The molecule has 0 bridgehead atoms. The van der Waals surface area contributed by atoms with E-state index in [4.69, 9.17) is 0 Å². The highest BCUT2D eigenvalue weighted by Crippen LogP contribution is 2.22. The first-order valence-electron chi connectivity index (χ1n) is 8.40. The van der Waals surface area contributed by atoms with Crippen molar-refractivity contribution in [1.29, 1.82) is 0 Å². The molecule has 2 aromatic heterocycles. The van der Waals surface area contributed by atoms with Crippen LogP contribution in [0.1, 0.15) is 13.8 Å². The number of carbonyl (C=O) groups is 1. The summed E-state index contributed by atoms with van der Waals surface area (Å²) < 4.78 is 2.37. The molecule has 3 aromatic rings. The molecule has 0 aliphatic rings. The van der Waals surface area contributed by atoms with Crippen LogP contribution >= 0.6 is 23.1 Å². The number of carbonyl (C=O) groups excluding carboxylic acids is 1. The maximum Gasteiger partial charge on any atom is 0.272 e. The first-order valence-corrected chi connectivity index (χ1v) is 10.3. The molecule has 0 atom stereocenters. The predicted molar refractivity (Wildman–Crippen MR) is 109 cm³/mol. The van der Waals surface area contributed by atoms with Gasteiger partial charge in [0.15, 0.2) is 5.16 Å². The van der Waals surface area contributed by atoms with Gasteiger partial charge in [0.25, 0.3) is 5.56 Å². The van der Waals surface area contributed by atoms with E-state index in [0.29, 0.717) is 27.8 Å². The summed E-state index contributed by atoms with van der Waals surface area (Å²) in [4.78, 5) is 31.6. The first-order chi connectivity index (χ1) is 12.5. The number of benzene rings is 1. The van der Waals surface area contributed by atoms with Crippen LogP contribution in [0, 0.1) is 5.92 Å². The van der Waals surface area contributed by atoms with Crippen LogP contribution in [0.15, 0.2) is 51.7 Å². The topological polar surface area (TPSA) is 55.2 Å². The highest BCUT2D eigenvalue weighted by Gasteiger charge is 2.17. The fraction of sp³-hybridized carbons (Fsp3) is 0.316. The summed E-state index contributed by atoms with van der Waals surface area (Å²) in [5.41, 5.74) is 1.52. The van der Waals surface area contributed by atoms with Crippen LogP contribution < -0.4 is 10.5 Å². The minimum absolute atomic E-state index is 0.0231.